The Morgan fingerprint density at radius 1 is 0.912 bits per heavy atom. The van der Waals surface area contributed by atoms with E-state index in [4.69, 9.17) is 9.40 Å². The first-order valence-corrected chi connectivity index (χ1v) is 12.7. The van der Waals surface area contributed by atoms with E-state index >= 15 is 0 Å². The van der Waals surface area contributed by atoms with Crippen molar-refractivity contribution in [3.05, 3.63) is 66.1 Å². The van der Waals surface area contributed by atoms with Crippen molar-refractivity contribution in [3.8, 4) is 0 Å². The van der Waals surface area contributed by atoms with Crippen molar-refractivity contribution < 1.29 is 14.0 Å². The van der Waals surface area contributed by atoms with E-state index in [9.17, 15) is 9.59 Å². The number of hydrogen-bond acceptors (Lipinski definition) is 4. The molecule has 4 unspecified atom stereocenters. The number of carbonyl (C=O) groups is 2. The van der Waals surface area contributed by atoms with E-state index in [-0.39, 0.29) is 29.8 Å². The Morgan fingerprint density at radius 3 is 2.56 bits per heavy atom. The van der Waals surface area contributed by atoms with Crippen LogP contribution in [0.5, 0.6) is 0 Å². The average Bonchev–Trinajstić information content (AvgIpc) is 3.50. The summed E-state index contributed by atoms with van der Waals surface area (Å²) in [6.45, 7) is 1.33. The fourth-order valence-electron chi connectivity index (χ4n) is 6.36. The molecule has 2 saturated heterocycles. The fraction of sp³-hybridized carbons (Fsp3) is 0.464. The van der Waals surface area contributed by atoms with E-state index in [0.717, 1.165) is 62.1 Å². The molecule has 0 radical (unpaired) electrons. The Kier molecular flexibility index (Phi) is 5.60. The maximum atomic E-state index is 13.9. The number of rotatable bonds is 3. The highest BCUT2D eigenvalue weighted by Crippen LogP contribution is 2.41. The van der Waals surface area contributed by atoms with Gasteiger partial charge in [0.05, 0.1) is 5.92 Å². The van der Waals surface area contributed by atoms with Crippen molar-refractivity contribution in [2.45, 2.75) is 62.9 Å². The molecule has 3 heterocycles. The largest absolute Gasteiger partial charge is 0.440 e. The summed E-state index contributed by atoms with van der Waals surface area (Å²) in [7, 11) is 0. The highest BCUT2D eigenvalue weighted by molar-refractivity contribution is 5.98. The zero-order chi connectivity index (χ0) is 23.1. The van der Waals surface area contributed by atoms with Gasteiger partial charge in [0.2, 0.25) is 5.91 Å². The zero-order valence-corrected chi connectivity index (χ0v) is 19.4. The lowest BCUT2D eigenvalue weighted by molar-refractivity contribution is -0.137. The summed E-state index contributed by atoms with van der Waals surface area (Å²) in [6, 6.07) is 17.1. The number of carbonyl (C=O) groups excluding carboxylic acids is 2. The number of likely N-dealkylation sites (tertiary alicyclic amines) is 2. The van der Waals surface area contributed by atoms with Gasteiger partial charge in [-0.15, -0.1) is 0 Å². The molecule has 3 aromatic rings. The minimum atomic E-state index is -0.372. The molecule has 4 atom stereocenters. The standard InChI is InChI=1S/C28H31N3O3/c32-27(19-9-2-1-3-10-19)31-23-14-6-4-11-20(23)17-24(31)28(33)30-16-8-12-21(18-30)26-29-22-13-5-7-15-25(22)34-26/h1-3,5,7,9-10,13,15,20-21,23-24H,4,6,8,11-12,14,16-18H2. The molecule has 3 fully saturated rings. The third-order valence-corrected chi connectivity index (χ3v) is 8.02. The summed E-state index contributed by atoms with van der Waals surface area (Å²) in [5.74, 6) is 1.33. The molecule has 3 aliphatic rings. The van der Waals surface area contributed by atoms with Gasteiger partial charge in [0.15, 0.2) is 11.5 Å². The predicted octanol–water partition coefficient (Wildman–Crippen LogP) is 5.01. The number of hydrogen-bond donors (Lipinski definition) is 0. The third kappa shape index (κ3) is 3.79. The molecule has 0 bridgehead atoms. The molecule has 176 valence electrons. The second-order valence-electron chi connectivity index (χ2n) is 10.1. The van der Waals surface area contributed by atoms with Crippen LogP contribution in [-0.4, -0.2) is 51.8 Å². The normalized spacial score (nSPS) is 27.1. The Bertz CT molecular complexity index is 1160. The van der Waals surface area contributed by atoms with Crippen LogP contribution >= 0.6 is 0 Å². The van der Waals surface area contributed by atoms with Crippen LogP contribution in [0.1, 0.15) is 67.1 Å². The van der Waals surface area contributed by atoms with E-state index in [1.807, 2.05) is 64.4 Å². The van der Waals surface area contributed by atoms with Crippen molar-refractivity contribution >= 4 is 22.9 Å². The van der Waals surface area contributed by atoms with Gasteiger partial charge in [-0.1, -0.05) is 43.2 Å². The van der Waals surface area contributed by atoms with Gasteiger partial charge in [-0.3, -0.25) is 9.59 Å². The summed E-state index contributed by atoms with van der Waals surface area (Å²) in [5, 5.41) is 0. The maximum Gasteiger partial charge on any atom is 0.254 e. The smallest absolute Gasteiger partial charge is 0.254 e. The first-order valence-electron chi connectivity index (χ1n) is 12.7. The molecule has 6 nitrogen and oxygen atoms in total. The molecule has 1 aromatic heterocycles. The Labute approximate surface area is 199 Å². The van der Waals surface area contributed by atoms with Crippen LogP contribution in [0.3, 0.4) is 0 Å². The van der Waals surface area contributed by atoms with Crippen molar-refractivity contribution in [2.24, 2.45) is 5.92 Å². The van der Waals surface area contributed by atoms with Gasteiger partial charge < -0.3 is 14.2 Å². The zero-order valence-electron chi connectivity index (χ0n) is 19.4. The average molecular weight is 458 g/mol. The van der Waals surface area contributed by atoms with Crippen LogP contribution in [0.15, 0.2) is 59.0 Å². The van der Waals surface area contributed by atoms with E-state index in [1.54, 1.807) is 0 Å². The third-order valence-electron chi connectivity index (χ3n) is 8.02. The number of piperidine rings is 1. The number of para-hydroxylation sites is 2. The lowest BCUT2D eigenvalue weighted by atomic mass is 9.84. The topological polar surface area (TPSA) is 66.7 Å². The van der Waals surface area contributed by atoms with Crippen LogP contribution < -0.4 is 0 Å². The molecule has 1 aliphatic carbocycles. The van der Waals surface area contributed by atoms with Crippen LogP contribution in [0.4, 0.5) is 0 Å². The number of benzene rings is 2. The number of nitrogens with zero attached hydrogens (tertiary/aromatic N) is 3. The number of amides is 2. The molecular formula is C28H31N3O3. The van der Waals surface area contributed by atoms with Gasteiger partial charge in [0.1, 0.15) is 11.6 Å². The molecule has 6 rings (SSSR count). The summed E-state index contributed by atoms with van der Waals surface area (Å²) >= 11 is 0. The maximum absolute atomic E-state index is 13.9. The lowest BCUT2D eigenvalue weighted by Crippen LogP contribution is -2.52. The quantitative estimate of drug-likeness (QED) is 0.555. The molecule has 2 aromatic carbocycles. The first kappa shape index (κ1) is 21.4. The van der Waals surface area contributed by atoms with E-state index < -0.39 is 0 Å². The Hall–Kier alpha value is -3.15. The van der Waals surface area contributed by atoms with Crippen LogP contribution in [-0.2, 0) is 4.79 Å². The van der Waals surface area contributed by atoms with Gasteiger partial charge in [0, 0.05) is 24.7 Å². The number of oxazole rings is 1. The molecule has 6 heteroatoms. The van der Waals surface area contributed by atoms with Crippen LogP contribution in [0.2, 0.25) is 0 Å². The van der Waals surface area contributed by atoms with Crippen molar-refractivity contribution in [2.75, 3.05) is 13.1 Å². The number of aromatic nitrogens is 1. The van der Waals surface area contributed by atoms with Gasteiger partial charge in [-0.05, 0) is 62.3 Å². The minimum Gasteiger partial charge on any atom is -0.440 e. The highest BCUT2D eigenvalue weighted by atomic mass is 16.3. The molecule has 1 saturated carbocycles. The summed E-state index contributed by atoms with van der Waals surface area (Å²) in [6.07, 6.45) is 7.09. The lowest BCUT2D eigenvalue weighted by Gasteiger charge is -2.37. The minimum absolute atomic E-state index is 0.000797. The Balaban J connectivity index is 1.25. The van der Waals surface area contributed by atoms with Crippen molar-refractivity contribution in [1.82, 2.24) is 14.8 Å². The van der Waals surface area contributed by atoms with Gasteiger partial charge in [-0.25, -0.2) is 4.98 Å². The van der Waals surface area contributed by atoms with Crippen LogP contribution in [0, 0.1) is 5.92 Å². The van der Waals surface area contributed by atoms with Gasteiger partial charge in [0.25, 0.3) is 5.91 Å². The summed E-state index contributed by atoms with van der Waals surface area (Å²) < 4.78 is 6.04. The molecule has 0 spiro atoms. The fourth-order valence-corrected chi connectivity index (χ4v) is 6.36. The molecule has 34 heavy (non-hydrogen) atoms. The molecule has 0 N–H and O–H groups in total. The summed E-state index contributed by atoms with van der Waals surface area (Å²) in [4.78, 5) is 36.2. The molecule has 2 amide bonds. The van der Waals surface area contributed by atoms with Gasteiger partial charge in [-0.2, -0.15) is 0 Å². The van der Waals surface area contributed by atoms with E-state index in [1.165, 1.54) is 6.42 Å². The number of fused-ring (bicyclic) bond motifs is 2. The van der Waals surface area contributed by atoms with E-state index in [0.29, 0.717) is 18.0 Å². The van der Waals surface area contributed by atoms with Crippen molar-refractivity contribution in [1.29, 1.82) is 0 Å². The van der Waals surface area contributed by atoms with Crippen LogP contribution in [0.25, 0.3) is 11.1 Å². The predicted molar refractivity (Wildman–Crippen MR) is 129 cm³/mol. The Morgan fingerprint density at radius 2 is 1.71 bits per heavy atom. The first-order chi connectivity index (χ1) is 16.7. The molecule has 2 aliphatic heterocycles. The summed E-state index contributed by atoms with van der Waals surface area (Å²) in [5.41, 5.74) is 2.33. The van der Waals surface area contributed by atoms with Gasteiger partial charge >= 0.3 is 0 Å². The van der Waals surface area contributed by atoms with E-state index in [2.05, 4.69) is 0 Å². The highest BCUT2D eigenvalue weighted by Gasteiger charge is 2.49. The SMILES string of the molecule is O=C(C1CC2CCCCC2N1C(=O)c1ccccc1)N1CCCC(c2nc3ccccc3o2)C1. The molecular weight excluding hydrogens is 426 g/mol. The second kappa shape index (κ2) is 8.90. The van der Waals surface area contributed by atoms with Crippen molar-refractivity contribution in [3.63, 3.8) is 0 Å². The second-order valence-corrected chi connectivity index (χ2v) is 10.1. The monoisotopic (exact) mass is 457 g/mol.